The highest BCUT2D eigenvalue weighted by atomic mass is 35.5. The van der Waals surface area contributed by atoms with Crippen LogP contribution in [0.4, 0.5) is 11.5 Å². The van der Waals surface area contributed by atoms with Crippen LogP contribution in [0, 0.1) is 6.92 Å². The van der Waals surface area contributed by atoms with Crippen LogP contribution in [0.3, 0.4) is 0 Å². The number of aromatic nitrogens is 2. The second kappa shape index (κ2) is 9.32. The van der Waals surface area contributed by atoms with Crippen LogP contribution in [0.25, 0.3) is 0 Å². The molecule has 6 nitrogen and oxygen atoms in total. The molecule has 0 amide bonds. The number of ether oxygens (including phenoxy) is 1. The lowest BCUT2D eigenvalue weighted by Gasteiger charge is -2.35. The fourth-order valence-electron chi connectivity index (χ4n) is 3.64. The molecule has 0 aliphatic carbocycles. The molecular formula is C23H26ClN5O. The van der Waals surface area contributed by atoms with E-state index in [1.54, 1.807) is 6.07 Å². The average molecular weight is 424 g/mol. The molecule has 0 spiro atoms. The Morgan fingerprint density at radius 3 is 2.77 bits per heavy atom. The van der Waals surface area contributed by atoms with Gasteiger partial charge in [-0.3, -0.25) is 0 Å². The minimum absolute atomic E-state index is 0.146. The van der Waals surface area contributed by atoms with Gasteiger partial charge in [0.2, 0.25) is 0 Å². The number of benzene rings is 2. The Hall–Kier alpha value is -2.83. The third-order valence-electron chi connectivity index (χ3n) is 5.12. The molecule has 0 bridgehead atoms. The molecule has 0 radical (unpaired) electrons. The van der Waals surface area contributed by atoms with E-state index in [1.807, 2.05) is 62.6 Å². The summed E-state index contributed by atoms with van der Waals surface area (Å²) >= 11 is 6.06. The van der Waals surface area contributed by atoms with Gasteiger partial charge in [0.1, 0.15) is 23.1 Å². The molecule has 4 rings (SSSR count). The number of nitrogens with zero attached hydrogens (tertiary/aromatic N) is 3. The number of likely N-dealkylation sites (N-methyl/N-ethyl adjacent to an activating group) is 1. The van der Waals surface area contributed by atoms with Gasteiger partial charge in [-0.25, -0.2) is 9.97 Å². The molecule has 1 unspecified atom stereocenters. The highest BCUT2D eigenvalue weighted by molar-refractivity contribution is 6.30. The quantitative estimate of drug-likeness (QED) is 0.568. The van der Waals surface area contributed by atoms with Gasteiger partial charge in [0.15, 0.2) is 0 Å². The first-order chi connectivity index (χ1) is 14.6. The highest BCUT2D eigenvalue weighted by Crippen LogP contribution is 2.35. The first-order valence-corrected chi connectivity index (χ1v) is 10.5. The van der Waals surface area contributed by atoms with Crippen LogP contribution in [-0.4, -0.2) is 36.6 Å². The van der Waals surface area contributed by atoms with Crippen molar-refractivity contribution < 1.29 is 4.74 Å². The number of aryl methyl sites for hydroxylation is 1. The zero-order valence-electron chi connectivity index (χ0n) is 17.2. The largest absolute Gasteiger partial charge is 0.457 e. The zero-order valence-corrected chi connectivity index (χ0v) is 18.0. The molecule has 2 N–H and O–H groups in total. The summed E-state index contributed by atoms with van der Waals surface area (Å²) in [7, 11) is 1.97. The molecule has 1 atom stereocenters. The predicted octanol–water partition coefficient (Wildman–Crippen LogP) is 4.81. The highest BCUT2D eigenvalue weighted by Gasteiger charge is 2.26. The van der Waals surface area contributed by atoms with Crippen LogP contribution < -0.4 is 20.3 Å². The van der Waals surface area contributed by atoms with Gasteiger partial charge >= 0.3 is 0 Å². The van der Waals surface area contributed by atoms with Gasteiger partial charge in [0.05, 0.1) is 6.04 Å². The maximum Gasteiger partial charge on any atom is 0.137 e. The lowest BCUT2D eigenvalue weighted by Crippen LogP contribution is -2.38. The van der Waals surface area contributed by atoms with Crippen molar-refractivity contribution in [2.75, 3.05) is 36.9 Å². The van der Waals surface area contributed by atoms with Gasteiger partial charge in [-0.05, 0) is 50.7 Å². The van der Waals surface area contributed by atoms with Gasteiger partial charge in [0, 0.05) is 48.2 Å². The molecule has 0 saturated carbocycles. The second-order valence-corrected chi connectivity index (χ2v) is 7.80. The number of anilines is 2. The van der Waals surface area contributed by atoms with Crippen molar-refractivity contribution in [3.63, 3.8) is 0 Å². The molecular weight excluding hydrogens is 398 g/mol. The minimum atomic E-state index is 0.146. The molecule has 0 saturated heterocycles. The standard InChI is InChI=1S/C23H26ClN5O/c1-16-26-15-21-22(9-11-29(12-10-25-2)23(21)27-16)28-18-6-4-8-20(14-18)30-19-7-3-5-17(24)13-19/h3-8,13-15,22,25,28H,9-12H2,1-2H3. The molecule has 1 aliphatic rings. The van der Waals surface area contributed by atoms with Crippen LogP contribution in [0.5, 0.6) is 11.5 Å². The van der Waals surface area contributed by atoms with Crippen LogP contribution in [0.2, 0.25) is 5.02 Å². The Bertz CT molecular complexity index is 1010. The number of rotatable bonds is 7. The third kappa shape index (κ3) is 4.83. The van der Waals surface area contributed by atoms with Gasteiger partial charge < -0.3 is 20.3 Å². The topological polar surface area (TPSA) is 62.3 Å². The van der Waals surface area contributed by atoms with Gasteiger partial charge in [0.25, 0.3) is 0 Å². The summed E-state index contributed by atoms with van der Waals surface area (Å²) in [4.78, 5) is 11.5. The summed E-state index contributed by atoms with van der Waals surface area (Å²) in [5.74, 6) is 3.29. The molecule has 156 valence electrons. The average Bonchev–Trinajstić information content (AvgIpc) is 2.73. The van der Waals surface area contributed by atoms with E-state index in [2.05, 4.69) is 20.5 Å². The van der Waals surface area contributed by atoms with Crippen molar-refractivity contribution in [2.45, 2.75) is 19.4 Å². The summed E-state index contributed by atoms with van der Waals surface area (Å²) in [6, 6.07) is 15.5. The van der Waals surface area contributed by atoms with Crippen molar-refractivity contribution in [3.05, 3.63) is 71.1 Å². The molecule has 0 fully saturated rings. The number of hydrogen-bond donors (Lipinski definition) is 2. The third-order valence-corrected chi connectivity index (χ3v) is 5.35. The summed E-state index contributed by atoms with van der Waals surface area (Å²) < 4.78 is 5.97. The lowest BCUT2D eigenvalue weighted by atomic mass is 10.0. The van der Waals surface area contributed by atoms with E-state index in [0.717, 1.165) is 54.7 Å². The maximum absolute atomic E-state index is 6.06. The van der Waals surface area contributed by atoms with Crippen molar-refractivity contribution in [1.82, 2.24) is 15.3 Å². The molecule has 2 heterocycles. The summed E-state index contributed by atoms with van der Waals surface area (Å²) in [6.45, 7) is 4.73. The monoisotopic (exact) mass is 423 g/mol. The van der Waals surface area contributed by atoms with Crippen molar-refractivity contribution in [2.24, 2.45) is 0 Å². The molecule has 30 heavy (non-hydrogen) atoms. The van der Waals surface area contributed by atoms with Crippen LogP contribution in [0.15, 0.2) is 54.7 Å². The molecule has 1 aromatic heterocycles. The lowest BCUT2D eigenvalue weighted by molar-refractivity contribution is 0.483. The van der Waals surface area contributed by atoms with E-state index < -0.39 is 0 Å². The maximum atomic E-state index is 6.06. The molecule has 3 aromatic rings. The van der Waals surface area contributed by atoms with Crippen molar-refractivity contribution in [3.8, 4) is 11.5 Å². The summed E-state index contributed by atoms with van der Waals surface area (Å²) in [6.07, 6.45) is 2.93. The summed E-state index contributed by atoms with van der Waals surface area (Å²) in [5.41, 5.74) is 2.12. The van der Waals surface area contributed by atoms with Crippen molar-refractivity contribution >= 4 is 23.1 Å². The van der Waals surface area contributed by atoms with Crippen molar-refractivity contribution in [1.29, 1.82) is 0 Å². The Kier molecular flexibility index (Phi) is 6.35. The van der Waals surface area contributed by atoms with E-state index in [9.17, 15) is 0 Å². The number of hydrogen-bond acceptors (Lipinski definition) is 6. The second-order valence-electron chi connectivity index (χ2n) is 7.36. The Morgan fingerprint density at radius 2 is 1.97 bits per heavy atom. The minimum Gasteiger partial charge on any atom is -0.457 e. The first-order valence-electron chi connectivity index (χ1n) is 10.2. The van der Waals surface area contributed by atoms with Gasteiger partial charge in [-0.1, -0.05) is 23.7 Å². The Morgan fingerprint density at radius 1 is 1.17 bits per heavy atom. The van der Waals surface area contributed by atoms with Gasteiger partial charge in [-0.15, -0.1) is 0 Å². The number of fused-ring (bicyclic) bond motifs is 1. The first kappa shape index (κ1) is 20.4. The SMILES string of the molecule is CNCCN1CCC(Nc2cccc(Oc3cccc(Cl)c3)c2)c2cnc(C)nc21. The van der Waals surface area contributed by atoms with Crippen LogP contribution in [-0.2, 0) is 0 Å². The fraction of sp³-hybridized carbons (Fsp3) is 0.304. The van der Waals surface area contributed by atoms with E-state index in [-0.39, 0.29) is 6.04 Å². The normalized spacial score (nSPS) is 15.6. The van der Waals surface area contributed by atoms with E-state index >= 15 is 0 Å². The summed E-state index contributed by atoms with van der Waals surface area (Å²) in [5, 5.41) is 7.51. The Balaban J connectivity index is 1.53. The Labute approximate surface area is 182 Å². The number of halogens is 1. The van der Waals surface area contributed by atoms with Crippen LogP contribution in [0.1, 0.15) is 23.9 Å². The van der Waals surface area contributed by atoms with E-state index in [0.29, 0.717) is 10.8 Å². The fourth-order valence-corrected chi connectivity index (χ4v) is 3.82. The number of nitrogens with one attached hydrogen (secondary N) is 2. The zero-order chi connectivity index (χ0) is 20.9. The predicted molar refractivity (Wildman–Crippen MR) is 122 cm³/mol. The van der Waals surface area contributed by atoms with E-state index in [1.165, 1.54) is 0 Å². The van der Waals surface area contributed by atoms with E-state index in [4.69, 9.17) is 21.3 Å². The molecule has 7 heteroatoms. The molecule has 1 aliphatic heterocycles. The van der Waals surface area contributed by atoms with Crippen LogP contribution >= 0.6 is 11.6 Å². The smallest absolute Gasteiger partial charge is 0.137 e. The van der Waals surface area contributed by atoms with Gasteiger partial charge in [-0.2, -0.15) is 0 Å². The molecule has 2 aromatic carbocycles.